The second kappa shape index (κ2) is 27.6. The van der Waals surface area contributed by atoms with E-state index in [-0.39, 0.29) is 58.0 Å². The molecule has 5 rings (SSSR count). The van der Waals surface area contributed by atoms with Gasteiger partial charge < -0.3 is 58.6 Å². The van der Waals surface area contributed by atoms with Crippen molar-refractivity contribution in [2.24, 2.45) is 11.5 Å². The Kier molecular flexibility index (Phi) is 21.1. The normalized spacial score (nSPS) is 14.1. The molecular weight excluding hydrogens is 895 g/mol. The first-order chi connectivity index (χ1) is 33.7. The van der Waals surface area contributed by atoms with Gasteiger partial charge in [-0.2, -0.15) is 0 Å². The van der Waals surface area contributed by atoms with Gasteiger partial charge in [0, 0.05) is 49.3 Å². The molecule has 0 aliphatic carbocycles. The topological polar surface area (TPSA) is 300 Å². The average molecular weight is 960 g/mol. The van der Waals surface area contributed by atoms with Crippen LogP contribution in [0.5, 0.6) is 0 Å². The van der Waals surface area contributed by atoms with E-state index in [1.807, 2.05) is 60.7 Å². The minimum absolute atomic E-state index is 0.0278. The molecule has 0 fully saturated rings. The average Bonchev–Trinajstić information content (AvgIpc) is 3.76. The zero-order valence-electron chi connectivity index (χ0n) is 39.3. The maximum Gasteiger partial charge on any atom is 0.303 e. The zero-order chi connectivity index (χ0) is 50.4. The second-order valence-corrected chi connectivity index (χ2v) is 17.3. The number of aliphatic hydroxyl groups is 1. The highest BCUT2D eigenvalue weighted by atomic mass is 16.4. The predicted octanol–water partition coefficient (Wildman–Crippen LogP) is 1.68. The van der Waals surface area contributed by atoms with Crippen LogP contribution >= 0.6 is 0 Å². The number of H-pyrrole nitrogens is 1. The highest BCUT2D eigenvalue weighted by Crippen LogP contribution is 2.20. The lowest BCUT2D eigenvalue weighted by atomic mass is 10.0. The van der Waals surface area contributed by atoms with E-state index in [1.165, 1.54) is 6.92 Å². The number of unbranched alkanes of at least 4 members (excludes halogenated alkanes) is 1. The van der Waals surface area contributed by atoms with Gasteiger partial charge in [0.1, 0.15) is 30.2 Å². The molecule has 0 bridgehead atoms. The lowest BCUT2D eigenvalue weighted by Gasteiger charge is -2.28. The molecule has 0 aliphatic rings. The Morgan fingerprint density at radius 1 is 0.557 bits per heavy atom. The molecule has 0 radical (unpaired) electrons. The van der Waals surface area contributed by atoms with Crippen molar-refractivity contribution in [1.82, 2.24) is 36.9 Å². The van der Waals surface area contributed by atoms with Crippen LogP contribution in [-0.4, -0.2) is 112 Å². The molecule has 372 valence electrons. The van der Waals surface area contributed by atoms with E-state index >= 15 is 0 Å². The third kappa shape index (κ3) is 17.0. The van der Waals surface area contributed by atoms with Gasteiger partial charge in [0.25, 0.3) is 0 Å². The largest absolute Gasteiger partial charge is 0.481 e. The van der Waals surface area contributed by atoms with E-state index in [9.17, 15) is 38.7 Å². The Labute approximate surface area is 407 Å². The SMILES string of the molecule is C[C@@H](O)[C@H](NC(=O)[C@H](CCCCN)NC(=O)[C@@H](Cc1c[nH]c2ccccc12)NC(=O)[C@H](Cc1ccccc1)NC(=O)[C@@H](N)Cc1ccccc1)C(=O)N[C@@H](Cc1ccccc1)C(=O)NCCCC(=O)O. The Balaban J connectivity index is 1.38. The van der Waals surface area contributed by atoms with E-state index in [0.29, 0.717) is 24.0 Å². The molecule has 5 aromatic rings. The van der Waals surface area contributed by atoms with Gasteiger partial charge in [-0.1, -0.05) is 109 Å². The number of amides is 6. The Hall–Kier alpha value is -7.41. The summed E-state index contributed by atoms with van der Waals surface area (Å²) in [6, 6.07) is 26.9. The summed E-state index contributed by atoms with van der Waals surface area (Å²) < 4.78 is 0. The first-order valence-corrected chi connectivity index (χ1v) is 23.5. The van der Waals surface area contributed by atoms with Gasteiger partial charge >= 0.3 is 5.97 Å². The van der Waals surface area contributed by atoms with Crippen molar-refractivity contribution in [2.75, 3.05) is 13.1 Å². The summed E-state index contributed by atoms with van der Waals surface area (Å²) in [4.78, 5) is 98.6. The maximum absolute atomic E-state index is 14.6. The molecule has 0 saturated heterocycles. The quantitative estimate of drug-likeness (QED) is 0.0321. The summed E-state index contributed by atoms with van der Waals surface area (Å²) in [5, 5.41) is 37.0. The lowest BCUT2D eigenvalue weighted by molar-refractivity contribution is -0.137. The number of aromatic nitrogens is 1. The van der Waals surface area contributed by atoms with E-state index in [4.69, 9.17) is 16.6 Å². The predicted molar refractivity (Wildman–Crippen MR) is 265 cm³/mol. The van der Waals surface area contributed by atoms with Crippen LogP contribution in [0, 0.1) is 0 Å². The summed E-state index contributed by atoms with van der Waals surface area (Å²) in [5.74, 6) is -5.37. The highest BCUT2D eigenvalue weighted by molar-refractivity contribution is 5.97. The molecule has 13 N–H and O–H groups in total. The lowest BCUT2D eigenvalue weighted by Crippen LogP contribution is -2.61. The molecule has 18 nitrogen and oxygen atoms in total. The number of hydrogen-bond donors (Lipinski definition) is 11. The van der Waals surface area contributed by atoms with Gasteiger partial charge in [0.05, 0.1) is 12.1 Å². The van der Waals surface area contributed by atoms with Crippen molar-refractivity contribution in [2.45, 2.75) is 107 Å². The molecule has 1 aromatic heterocycles. The highest BCUT2D eigenvalue weighted by Gasteiger charge is 2.35. The first kappa shape index (κ1) is 53.5. The standard InChI is InChI=1S/C52H65N9O9/c1-33(62)46(52(70)60-42(29-35-18-7-3-8-19-35)48(66)55-27-15-25-45(63)64)61-49(67)41(24-13-14-26-53)57-51(69)44(31-37-32-56-40-23-12-11-22-38(37)40)59-50(68)43(30-36-20-9-4-10-21-36)58-47(65)39(54)28-34-16-5-2-6-17-34/h2-12,16-23,32-33,39,41-44,46,56,62H,13-15,24-31,53-54H2,1H3,(H,55,66)(H,57,69)(H,58,65)(H,59,68)(H,60,70)(H,61,67)(H,63,64)/t33-,39+,41+,42+,43+,44-,46+/m1/s1. The Morgan fingerprint density at radius 3 is 1.61 bits per heavy atom. The van der Waals surface area contributed by atoms with E-state index in [0.717, 1.165) is 22.0 Å². The second-order valence-electron chi connectivity index (χ2n) is 17.3. The van der Waals surface area contributed by atoms with Gasteiger partial charge in [-0.15, -0.1) is 0 Å². The van der Waals surface area contributed by atoms with Crippen molar-refractivity contribution in [3.05, 3.63) is 144 Å². The van der Waals surface area contributed by atoms with Gasteiger partial charge in [-0.05, 0) is 73.9 Å². The van der Waals surface area contributed by atoms with Crippen molar-refractivity contribution in [3.63, 3.8) is 0 Å². The van der Waals surface area contributed by atoms with Gasteiger partial charge in [-0.25, -0.2) is 0 Å². The summed E-state index contributed by atoms with van der Waals surface area (Å²) in [6.07, 6.45) is 1.38. The number of carbonyl (C=O) groups is 7. The molecule has 7 atom stereocenters. The molecule has 70 heavy (non-hydrogen) atoms. The van der Waals surface area contributed by atoms with Gasteiger partial charge in [-0.3, -0.25) is 33.6 Å². The first-order valence-electron chi connectivity index (χ1n) is 23.5. The summed E-state index contributed by atoms with van der Waals surface area (Å²) in [6.45, 7) is 1.60. The number of nitrogens with two attached hydrogens (primary N) is 2. The van der Waals surface area contributed by atoms with Gasteiger partial charge in [0.2, 0.25) is 35.4 Å². The van der Waals surface area contributed by atoms with Crippen LogP contribution in [0.1, 0.15) is 61.3 Å². The summed E-state index contributed by atoms with van der Waals surface area (Å²) in [5.41, 5.74) is 15.9. The fourth-order valence-electron chi connectivity index (χ4n) is 7.89. The molecule has 0 aliphatic heterocycles. The molecule has 0 spiro atoms. The minimum Gasteiger partial charge on any atom is -0.481 e. The number of benzene rings is 4. The van der Waals surface area contributed by atoms with E-state index < -0.39 is 83.8 Å². The number of carboxylic acids is 1. The van der Waals surface area contributed by atoms with Crippen molar-refractivity contribution in [3.8, 4) is 0 Å². The number of aliphatic carboxylic acids is 1. The van der Waals surface area contributed by atoms with Crippen LogP contribution in [0.25, 0.3) is 10.9 Å². The fourth-order valence-corrected chi connectivity index (χ4v) is 7.89. The maximum atomic E-state index is 14.6. The monoisotopic (exact) mass is 959 g/mol. The number of para-hydroxylation sites is 1. The number of fused-ring (bicyclic) bond motifs is 1. The van der Waals surface area contributed by atoms with Crippen LogP contribution in [0.3, 0.4) is 0 Å². The minimum atomic E-state index is -1.60. The molecule has 0 saturated carbocycles. The number of hydrogen-bond acceptors (Lipinski definition) is 10. The molecular formula is C52H65N9O9. The molecule has 18 heteroatoms. The smallest absolute Gasteiger partial charge is 0.303 e. The third-order valence-corrected chi connectivity index (χ3v) is 11.7. The van der Waals surface area contributed by atoms with Crippen LogP contribution < -0.4 is 43.4 Å². The number of rotatable bonds is 28. The fraction of sp³-hybridized carbons (Fsp3) is 0.365. The molecule has 4 aromatic carbocycles. The van der Waals surface area contributed by atoms with Crippen molar-refractivity contribution in [1.29, 1.82) is 0 Å². The zero-order valence-corrected chi connectivity index (χ0v) is 39.3. The molecule has 6 amide bonds. The van der Waals surface area contributed by atoms with Crippen LogP contribution in [0.15, 0.2) is 121 Å². The Morgan fingerprint density at radius 2 is 1.04 bits per heavy atom. The molecule has 0 unspecified atom stereocenters. The summed E-state index contributed by atoms with van der Waals surface area (Å²) >= 11 is 0. The van der Waals surface area contributed by atoms with Crippen LogP contribution in [0.2, 0.25) is 0 Å². The summed E-state index contributed by atoms with van der Waals surface area (Å²) in [7, 11) is 0. The Bertz CT molecular complexity index is 2490. The van der Waals surface area contributed by atoms with Crippen molar-refractivity contribution >= 4 is 52.3 Å². The van der Waals surface area contributed by atoms with Crippen LogP contribution in [-0.2, 0) is 59.2 Å². The van der Waals surface area contributed by atoms with Crippen LogP contribution in [0.4, 0.5) is 0 Å². The third-order valence-electron chi connectivity index (χ3n) is 11.7. The number of aromatic amines is 1. The molecule has 1 heterocycles. The van der Waals surface area contributed by atoms with E-state index in [1.54, 1.807) is 60.8 Å². The van der Waals surface area contributed by atoms with Gasteiger partial charge in [0.15, 0.2) is 0 Å². The number of nitrogens with one attached hydrogen (secondary N) is 7. The van der Waals surface area contributed by atoms with Crippen molar-refractivity contribution < 1.29 is 43.8 Å². The number of aliphatic hydroxyl groups excluding tert-OH is 1. The number of carbonyl (C=O) groups excluding carboxylic acids is 6. The number of carboxylic acid groups (broad SMARTS) is 1. The van der Waals surface area contributed by atoms with E-state index in [2.05, 4.69) is 36.9 Å².